The Kier molecular flexibility index (Phi) is 6.25. The van der Waals surface area contributed by atoms with Gasteiger partial charge in [0.2, 0.25) is 0 Å². The molecule has 10 nitrogen and oxygen atoms in total. The largest absolute Gasteiger partial charge is 0.348 e. The molecule has 1 saturated carbocycles. The first-order valence-corrected chi connectivity index (χ1v) is 12.8. The normalized spacial score (nSPS) is 18.0. The predicted molar refractivity (Wildman–Crippen MR) is 139 cm³/mol. The number of nitriles is 1. The number of piperazine rings is 1. The molecular weight excluding hydrogens is 485 g/mol. The van der Waals surface area contributed by atoms with Crippen molar-refractivity contribution in [3.63, 3.8) is 0 Å². The van der Waals surface area contributed by atoms with Crippen LogP contribution in [0.5, 0.6) is 0 Å². The van der Waals surface area contributed by atoms with Gasteiger partial charge in [-0.1, -0.05) is 12.1 Å². The number of nitrogens with one attached hydrogen (secondary N) is 1. The number of nitrogens with zero attached hydrogens (tertiary/aromatic N) is 8. The average Bonchev–Trinajstić information content (AvgIpc) is 3.50. The lowest BCUT2D eigenvalue weighted by molar-refractivity contribution is 0.0946. The van der Waals surface area contributed by atoms with Gasteiger partial charge >= 0.3 is 0 Å². The van der Waals surface area contributed by atoms with Gasteiger partial charge in [-0.15, -0.1) is 0 Å². The molecule has 1 N–H and O–H groups in total. The number of halogens is 1. The van der Waals surface area contributed by atoms with Gasteiger partial charge in [-0.25, -0.2) is 9.37 Å². The summed E-state index contributed by atoms with van der Waals surface area (Å²) < 4.78 is 17.9. The summed E-state index contributed by atoms with van der Waals surface area (Å²) in [6.07, 6.45) is 3.96. The highest BCUT2D eigenvalue weighted by Crippen LogP contribution is 2.37. The monoisotopic (exact) mass is 513 g/mol. The van der Waals surface area contributed by atoms with E-state index in [1.165, 1.54) is 0 Å². The second-order valence-corrected chi connectivity index (χ2v) is 9.95. The Hall–Kier alpha value is -4.30. The molecule has 4 heterocycles. The molecule has 194 valence electrons. The van der Waals surface area contributed by atoms with Gasteiger partial charge in [0, 0.05) is 44.5 Å². The summed E-state index contributed by atoms with van der Waals surface area (Å²) in [4.78, 5) is 22.0. The van der Waals surface area contributed by atoms with E-state index in [9.17, 15) is 9.18 Å². The lowest BCUT2D eigenvalue weighted by atomic mass is 10.1. The van der Waals surface area contributed by atoms with E-state index in [4.69, 9.17) is 10.4 Å². The van der Waals surface area contributed by atoms with Crippen molar-refractivity contribution >= 4 is 17.4 Å². The van der Waals surface area contributed by atoms with E-state index >= 15 is 0 Å². The number of alkyl halides is 1. The molecule has 2 fully saturated rings. The van der Waals surface area contributed by atoms with Gasteiger partial charge in [0.05, 0.1) is 29.4 Å². The lowest BCUT2D eigenvalue weighted by Gasteiger charge is -2.40. The Morgan fingerprint density at radius 3 is 2.74 bits per heavy atom. The Morgan fingerprint density at radius 1 is 1.18 bits per heavy atom. The standard InChI is InChI=1S/C27H28FN9O/c1-34-10-11-35(21(14-28)17-34)26-13-23(27(38)30-16-19-4-2-18(15-29)3-5-19)32-25-12-22(33-37(25)26)24-8-9-31-36(24)20-6-7-20/h2-5,8-9,12-13,20-21H,6-7,10-11,14,16-17H2,1H3,(H,30,38)/t21-/m1/s1. The molecule has 2 aliphatic rings. The molecular formula is C27H28FN9O. The fraction of sp³-hybridized carbons (Fsp3) is 0.370. The zero-order valence-electron chi connectivity index (χ0n) is 21.1. The summed E-state index contributed by atoms with van der Waals surface area (Å²) in [5.41, 5.74) is 3.79. The first-order chi connectivity index (χ1) is 18.5. The number of carbonyl (C=O) groups excluding carboxylic acids is 1. The summed E-state index contributed by atoms with van der Waals surface area (Å²) >= 11 is 0. The van der Waals surface area contributed by atoms with Crippen molar-refractivity contribution in [3.05, 3.63) is 65.5 Å². The van der Waals surface area contributed by atoms with Gasteiger partial charge in [-0.2, -0.15) is 20.0 Å². The Balaban J connectivity index is 1.37. The van der Waals surface area contributed by atoms with Crippen LogP contribution in [-0.4, -0.2) is 74.6 Å². The van der Waals surface area contributed by atoms with E-state index in [2.05, 4.69) is 26.4 Å². The van der Waals surface area contributed by atoms with E-state index in [-0.39, 0.29) is 17.6 Å². The summed E-state index contributed by atoms with van der Waals surface area (Å²) in [6.45, 7) is 1.72. The number of carbonyl (C=O) groups is 1. The third-order valence-corrected chi connectivity index (χ3v) is 7.16. The predicted octanol–water partition coefficient (Wildman–Crippen LogP) is 2.82. The van der Waals surface area contributed by atoms with Crippen LogP contribution >= 0.6 is 0 Å². The Morgan fingerprint density at radius 2 is 2.00 bits per heavy atom. The Bertz CT molecular complexity index is 1520. The fourth-order valence-electron chi connectivity index (χ4n) is 4.95. The molecule has 1 amide bonds. The number of rotatable bonds is 7. The van der Waals surface area contributed by atoms with E-state index in [0.717, 1.165) is 30.6 Å². The summed E-state index contributed by atoms with van der Waals surface area (Å²) in [7, 11) is 1.98. The molecule has 38 heavy (non-hydrogen) atoms. The van der Waals surface area contributed by atoms with Crippen molar-refractivity contribution in [1.29, 1.82) is 5.26 Å². The van der Waals surface area contributed by atoms with Crippen LogP contribution in [0.25, 0.3) is 17.0 Å². The number of anilines is 1. The van der Waals surface area contributed by atoms with Crippen LogP contribution in [0.15, 0.2) is 48.7 Å². The van der Waals surface area contributed by atoms with Gasteiger partial charge < -0.3 is 15.1 Å². The van der Waals surface area contributed by atoms with Crippen LogP contribution in [-0.2, 0) is 6.54 Å². The van der Waals surface area contributed by atoms with Crippen LogP contribution in [0.2, 0.25) is 0 Å². The summed E-state index contributed by atoms with van der Waals surface area (Å²) in [5.74, 6) is 0.299. The maximum Gasteiger partial charge on any atom is 0.270 e. The van der Waals surface area contributed by atoms with Crippen LogP contribution in [0.1, 0.15) is 40.5 Å². The fourth-order valence-corrected chi connectivity index (χ4v) is 4.95. The van der Waals surface area contributed by atoms with Crippen molar-refractivity contribution in [1.82, 2.24) is 34.6 Å². The molecule has 1 saturated heterocycles. The van der Waals surface area contributed by atoms with Crippen LogP contribution < -0.4 is 10.2 Å². The zero-order chi connectivity index (χ0) is 26.2. The van der Waals surface area contributed by atoms with E-state index in [0.29, 0.717) is 48.4 Å². The maximum atomic E-state index is 14.2. The van der Waals surface area contributed by atoms with Crippen LogP contribution in [0.3, 0.4) is 0 Å². The number of aromatic nitrogens is 5. The topological polar surface area (TPSA) is 107 Å². The number of benzene rings is 1. The molecule has 4 aromatic rings. The SMILES string of the molecule is CN1CCN(c2cc(C(=O)NCc3ccc(C#N)cc3)nc3cc(-c4ccnn4C4CC4)nn23)[C@H](CF)C1. The highest BCUT2D eigenvalue weighted by Gasteiger charge is 2.30. The summed E-state index contributed by atoms with van der Waals surface area (Å²) in [5, 5.41) is 21.3. The highest BCUT2D eigenvalue weighted by atomic mass is 19.1. The number of fused-ring (bicyclic) bond motifs is 1. The average molecular weight is 514 g/mol. The lowest BCUT2D eigenvalue weighted by Crippen LogP contribution is -2.53. The van der Waals surface area contributed by atoms with Crippen LogP contribution in [0, 0.1) is 11.3 Å². The quantitative estimate of drug-likeness (QED) is 0.405. The number of hydrogen-bond acceptors (Lipinski definition) is 7. The molecule has 1 atom stereocenters. The van der Waals surface area contributed by atoms with Gasteiger partial charge in [-0.05, 0) is 43.7 Å². The third kappa shape index (κ3) is 4.59. The number of amides is 1. The first kappa shape index (κ1) is 24.1. The molecule has 11 heteroatoms. The van der Waals surface area contributed by atoms with Crippen molar-refractivity contribution in [2.24, 2.45) is 0 Å². The molecule has 6 rings (SSSR count). The molecule has 1 aromatic carbocycles. The van der Waals surface area contributed by atoms with Crippen molar-refractivity contribution in [2.45, 2.75) is 31.5 Å². The van der Waals surface area contributed by atoms with Crippen molar-refractivity contribution in [2.75, 3.05) is 38.3 Å². The van der Waals surface area contributed by atoms with Gasteiger partial charge in [0.15, 0.2) is 5.65 Å². The van der Waals surface area contributed by atoms with E-state index in [1.54, 1.807) is 28.9 Å². The first-order valence-electron chi connectivity index (χ1n) is 12.8. The molecule has 0 spiro atoms. The van der Waals surface area contributed by atoms with Gasteiger partial charge in [0.1, 0.15) is 23.9 Å². The molecule has 3 aromatic heterocycles. The smallest absolute Gasteiger partial charge is 0.270 e. The number of hydrogen-bond donors (Lipinski definition) is 1. The minimum Gasteiger partial charge on any atom is -0.348 e. The maximum absolute atomic E-state index is 14.2. The number of likely N-dealkylation sites (N-methyl/N-ethyl adjacent to an activating group) is 1. The molecule has 0 radical (unpaired) electrons. The molecule has 1 aliphatic heterocycles. The van der Waals surface area contributed by atoms with Gasteiger partial charge in [-0.3, -0.25) is 9.48 Å². The van der Waals surface area contributed by atoms with Crippen molar-refractivity contribution < 1.29 is 9.18 Å². The van der Waals surface area contributed by atoms with Crippen molar-refractivity contribution in [3.8, 4) is 17.5 Å². The highest BCUT2D eigenvalue weighted by molar-refractivity contribution is 5.93. The third-order valence-electron chi connectivity index (χ3n) is 7.16. The molecule has 0 unspecified atom stereocenters. The van der Waals surface area contributed by atoms with Gasteiger partial charge in [0.25, 0.3) is 5.91 Å². The second-order valence-electron chi connectivity index (χ2n) is 9.95. The Labute approximate surface area is 219 Å². The van der Waals surface area contributed by atoms with Crippen LogP contribution in [0.4, 0.5) is 10.2 Å². The minimum atomic E-state index is -0.517. The van der Waals surface area contributed by atoms with E-state index in [1.807, 2.05) is 40.9 Å². The molecule has 0 bridgehead atoms. The zero-order valence-corrected chi connectivity index (χ0v) is 21.1. The second kappa shape index (κ2) is 9.87. The van der Waals surface area contributed by atoms with E-state index < -0.39 is 6.67 Å². The summed E-state index contributed by atoms with van der Waals surface area (Å²) in [6, 6.07) is 14.7. The molecule has 1 aliphatic carbocycles. The minimum absolute atomic E-state index is 0.236.